The van der Waals surface area contributed by atoms with E-state index in [1.165, 1.54) is 36.4 Å². The molecular weight excluding hydrogens is 212 g/mol. The van der Waals surface area contributed by atoms with Crippen molar-refractivity contribution in [2.75, 3.05) is 0 Å². The molecule has 0 aliphatic heterocycles. The molecule has 2 aromatic rings. The Kier molecular flexibility index (Phi) is 2.92. The first-order valence-corrected chi connectivity index (χ1v) is 4.73. The molecule has 0 saturated heterocycles. The first-order chi connectivity index (χ1) is 7.70. The molecule has 2 nitrogen and oxygen atoms in total. The molecule has 0 amide bonds. The summed E-state index contributed by atoms with van der Waals surface area (Å²) in [4.78, 5) is 3.94. The van der Waals surface area contributed by atoms with Gasteiger partial charge in [-0.25, -0.2) is 13.8 Å². The molecule has 1 aromatic carbocycles. The molecule has 0 atom stereocenters. The Bertz CT molecular complexity index is 497. The lowest BCUT2D eigenvalue weighted by molar-refractivity contribution is 0.276. The summed E-state index contributed by atoms with van der Waals surface area (Å²) in [6.07, 6.45) is 0. The molecule has 0 unspecified atom stereocenters. The Balaban J connectivity index is 2.50. The molecule has 0 fully saturated rings. The zero-order chi connectivity index (χ0) is 11.5. The number of hydrogen-bond donors (Lipinski definition) is 1. The average Bonchev–Trinajstić information content (AvgIpc) is 2.31. The van der Waals surface area contributed by atoms with E-state index in [1.54, 1.807) is 0 Å². The third-order valence-electron chi connectivity index (χ3n) is 2.18. The van der Waals surface area contributed by atoms with Gasteiger partial charge in [-0.1, -0.05) is 0 Å². The predicted octanol–water partition coefficient (Wildman–Crippen LogP) is 2.52. The highest BCUT2D eigenvalue weighted by Gasteiger charge is 2.07. The van der Waals surface area contributed by atoms with Gasteiger partial charge >= 0.3 is 0 Å². The van der Waals surface area contributed by atoms with E-state index in [-0.39, 0.29) is 18.1 Å². The fraction of sp³-hybridized carbons (Fsp3) is 0.0833. The number of pyridine rings is 1. The molecule has 0 spiro atoms. The van der Waals surface area contributed by atoms with Crippen LogP contribution >= 0.6 is 0 Å². The van der Waals surface area contributed by atoms with Gasteiger partial charge in [0.2, 0.25) is 0 Å². The summed E-state index contributed by atoms with van der Waals surface area (Å²) in [7, 11) is 0. The van der Waals surface area contributed by atoms with E-state index in [2.05, 4.69) is 4.98 Å². The molecule has 16 heavy (non-hydrogen) atoms. The van der Waals surface area contributed by atoms with Crippen LogP contribution in [0.2, 0.25) is 0 Å². The van der Waals surface area contributed by atoms with Gasteiger partial charge in [0.1, 0.15) is 17.3 Å². The molecular formula is C12H9F2NO. The minimum atomic E-state index is -0.496. The predicted molar refractivity (Wildman–Crippen MR) is 55.5 cm³/mol. The standard InChI is InChI=1S/C12H9F2NO/c13-9-3-1-8(2-4-9)12-11(14)6-5-10(7-16)15-12/h1-6,16H,7H2. The van der Waals surface area contributed by atoms with Crippen molar-refractivity contribution in [2.24, 2.45) is 0 Å². The van der Waals surface area contributed by atoms with E-state index < -0.39 is 5.82 Å². The molecule has 0 aliphatic carbocycles. The highest BCUT2D eigenvalue weighted by molar-refractivity contribution is 5.59. The van der Waals surface area contributed by atoms with Crippen molar-refractivity contribution in [2.45, 2.75) is 6.61 Å². The Morgan fingerprint density at radius 2 is 1.69 bits per heavy atom. The zero-order valence-electron chi connectivity index (χ0n) is 8.32. The van der Waals surface area contributed by atoms with Crippen LogP contribution in [-0.2, 0) is 6.61 Å². The minimum Gasteiger partial charge on any atom is -0.390 e. The smallest absolute Gasteiger partial charge is 0.149 e. The van der Waals surface area contributed by atoms with E-state index in [1.807, 2.05) is 0 Å². The maximum Gasteiger partial charge on any atom is 0.149 e. The second-order valence-corrected chi connectivity index (χ2v) is 3.30. The van der Waals surface area contributed by atoms with Crippen molar-refractivity contribution in [3.05, 3.63) is 53.7 Å². The van der Waals surface area contributed by atoms with Gasteiger partial charge in [0.15, 0.2) is 0 Å². The van der Waals surface area contributed by atoms with Crippen molar-refractivity contribution in [3.63, 3.8) is 0 Å². The highest BCUT2D eigenvalue weighted by Crippen LogP contribution is 2.21. The fourth-order valence-electron chi connectivity index (χ4n) is 1.38. The third kappa shape index (κ3) is 2.06. The van der Waals surface area contributed by atoms with Crippen molar-refractivity contribution < 1.29 is 13.9 Å². The molecule has 0 aliphatic rings. The maximum absolute atomic E-state index is 13.5. The molecule has 82 valence electrons. The second kappa shape index (κ2) is 4.37. The van der Waals surface area contributed by atoms with Gasteiger partial charge in [0, 0.05) is 5.56 Å². The summed E-state index contributed by atoms with van der Waals surface area (Å²) in [5, 5.41) is 8.90. The zero-order valence-corrected chi connectivity index (χ0v) is 8.32. The summed E-state index contributed by atoms with van der Waals surface area (Å²) >= 11 is 0. The van der Waals surface area contributed by atoms with E-state index in [9.17, 15) is 8.78 Å². The van der Waals surface area contributed by atoms with E-state index in [0.717, 1.165) is 0 Å². The largest absolute Gasteiger partial charge is 0.390 e. The quantitative estimate of drug-likeness (QED) is 0.845. The Hall–Kier alpha value is -1.81. The van der Waals surface area contributed by atoms with Crippen molar-refractivity contribution in [1.29, 1.82) is 0 Å². The van der Waals surface area contributed by atoms with Gasteiger partial charge in [-0.15, -0.1) is 0 Å². The van der Waals surface area contributed by atoms with Gasteiger partial charge in [-0.2, -0.15) is 0 Å². The SMILES string of the molecule is OCc1ccc(F)c(-c2ccc(F)cc2)n1. The van der Waals surface area contributed by atoms with Crippen LogP contribution in [0.4, 0.5) is 8.78 Å². The molecule has 4 heteroatoms. The van der Waals surface area contributed by atoms with Crippen LogP contribution < -0.4 is 0 Å². The highest BCUT2D eigenvalue weighted by atomic mass is 19.1. The first kappa shape index (κ1) is 10.7. The van der Waals surface area contributed by atoms with Crippen LogP contribution in [0.5, 0.6) is 0 Å². The van der Waals surface area contributed by atoms with Gasteiger partial charge in [-0.05, 0) is 36.4 Å². The summed E-state index contributed by atoms with van der Waals surface area (Å²) in [6.45, 7) is -0.255. The molecule has 2 rings (SSSR count). The van der Waals surface area contributed by atoms with Crippen molar-refractivity contribution >= 4 is 0 Å². The number of benzene rings is 1. The lowest BCUT2D eigenvalue weighted by Crippen LogP contribution is -1.95. The van der Waals surface area contributed by atoms with Gasteiger partial charge < -0.3 is 5.11 Å². The number of rotatable bonds is 2. The van der Waals surface area contributed by atoms with Gasteiger partial charge in [0.05, 0.1) is 12.3 Å². The van der Waals surface area contributed by atoms with Gasteiger partial charge in [-0.3, -0.25) is 0 Å². The second-order valence-electron chi connectivity index (χ2n) is 3.30. The van der Waals surface area contributed by atoms with Crippen molar-refractivity contribution in [3.8, 4) is 11.3 Å². The summed E-state index contributed by atoms with van der Waals surface area (Å²) in [5.41, 5.74) is 0.974. The molecule has 1 heterocycles. The molecule has 1 aromatic heterocycles. The number of aliphatic hydroxyl groups excluding tert-OH is 1. The van der Waals surface area contributed by atoms with Crippen LogP contribution in [-0.4, -0.2) is 10.1 Å². The van der Waals surface area contributed by atoms with E-state index in [4.69, 9.17) is 5.11 Å². The molecule has 0 bridgehead atoms. The number of hydrogen-bond acceptors (Lipinski definition) is 2. The molecule has 0 radical (unpaired) electrons. The summed E-state index contributed by atoms with van der Waals surface area (Å²) in [5.74, 6) is -0.883. The number of nitrogens with zero attached hydrogens (tertiary/aromatic N) is 1. The van der Waals surface area contributed by atoms with Crippen LogP contribution in [0.25, 0.3) is 11.3 Å². The minimum absolute atomic E-state index is 0.117. The van der Waals surface area contributed by atoms with Crippen LogP contribution in [0, 0.1) is 11.6 Å². The Labute approximate surface area is 91.2 Å². The maximum atomic E-state index is 13.5. The van der Waals surface area contributed by atoms with E-state index >= 15 is 0 Å². The first-order valence-electron chi connectivity index (χ1n) is 4.73. The lowest BCUT2D eigenvalue weighted by Gasteiger charge is -2.04. The molecule has 0 saturated carbocycles. The van der Waals surface area contributed by atoms with Crippen molar-refractivity contribution in [1.82, 2.24) is 4.98 Å². The monoisotopic (exact) mass is 221 g/mol. The Morgan fingerprint density at radius 3 is 2.31 bits per heavy atom. The Morgan fingerprint density at radius 1 is 1.00 bits per heavy atom. The fourth-order valence-corrected chi connectivity index (χ4v) is 1.38. The number of halogens is 2. The van der Waals surface area contributed by atoms with Gasteiger partial charge in [0.25, 0.3) is 0 Å². The topological polar surface area (TPSA) is 33.1 Å². The average molecular weight is 221 g/mol. The van der Waals surface area contributed by atoms with Crippen LogP contribution in [0.15, 0.2) is 36.4 Å². The lowest BCUT2D eigenvalue weighted by atomic mass is 10.1. The normalized spacial score (nSPS) is 10.4. The summed E-state index contributed by atoms with van der Waals surface area (Å²) < 4.78 is 26.1. The van der Waals surface area contributed by atoms with E-state index in [0.29, 0.717) is 11.3 Å². The van der Waals surface area contributed by atoms with Crippen LogP contribution in [0.1, 0.15) is 5.69 Å². The molecule has 1 N–H and O–H groups in total. The number of aliphatic hydroxyl groups is 1. The summed E-state index contributed by atoms with van der Waals surface area (Å²) in [6, 6.07) is 8.01. The van der Waals surface area contributed by atoms with Crippen LogP contribution in [0.3, 0.4) is 0 Å². The number of aromatic nitrogens is 1. The third-order valence-corrected chi connectivity index (χ3v) is 2.18.